The van der Waals surface area contributed by atoms with Crippen LogP contribution in [0.15, 0.2) is 30.3 Å². The number of hydrogen-bond donors (Lipinski definition) is 0. The van der Waals surface area contributed by atoms with Crippen LogP contribution in [-0.4, -0.2) is 85.5 Å². The molecule has 3 rings (SSSR count). The molecule has 0 N–H and O–H groups in total. The van der Waals surface area contributed by atoms with Crippen molar-refractivity contribution in [3.63, 3.8) is 0 Å². The Labute approximate surface area is 149 Å². The summed E-state index contributed by atoms with van der Waals surface area (Å²) < 4.78 is 5.31. The summed E-state index contributed by atoms with van der Waals surface area (Å²) in [7, 11) is 0. The van der Waals surface area contributed by atoms with Gasteiger partial charge in [-0.1, -0.05) is 30.3 Å². The Kier molecular flexibility index (Phi) is 6.42. The molecule has 2 saturated heterocycles. The molecule has 0 unspecified atom stereocenters. The molecule has 1 aromatic carbocycles. The molecule has 2 heterocycles. The van der Waals surface area contributed by atoms with Gasteiger partial charge in [0.1, 0.15) is 0 Å². The van der Waals surface area contributed by atoms with Gasteiger partial charge in [-0.3, -0.25) is 14.5 Å². The van der Waals surface area contributed by atoms with Crippen molar-refractivity contribution in [1.29, 1.82) is 0 Å². The number of rotatable bonds is 5. The van der Waals surface area contributed by atoms with E-state index in [1.807, 2.05) is 28.0 Å². The molecular weight excluding hydrogens is 318 g/mol. The number of benzene rings is 1. The third kappa shape index (κ3) is 5.28. The van der Waals surface area contributed by atoms with Crippen molar-refractivity contribution >= 4 is 11.8 Å². The lowest BCUT2D eigenvalue weighted by Gasteiger charge is -2.36. The van der Waals surface area contributed by atoms with E-state index in [4.69, 9.17) is 4.74 Å². The van der Waals surface area contributed by atoms with Crippen LogP contribution in [0.3, 0.4) is 0 Å². The Hall–Kier alpha value is -1.92. The zero-order chi connectivity index (χ0) is 17.5. The Balaban J connectivity index is 1.38. The monoisotopic (exact) mass is 345 g/mol. The van der Waals surface area contributed by atoms with Crippen molar-refractivity contribution in [2.75, 3.05) is 59.0 Å². The van der Waals surface area contributed by atoms with Crippen molar-refractivity contribution in [2.45, 2.75) is 12.8 Å². The van der Waals surface area contributed by atoms with Crippen molar-refractivity contribution < 1.29 is 14.3 Å². The van der Waals surface area contributed by atoms with Crippen LogP contribution in [-0.2, 0) is 20.7 Å². The Morgan fingerprint density at radius 3 is 2.08 bits per heavy atom. The zero-order valence-corrected chi connectivity index (χ0v) is 14.7. The molecule has 2 aliphatic rings. The molecule has 2 aliphatic heterocycles. The molecule has 0 aromatic heterocycles. The number of ether oxygens (including phenoxy) is 1. The topological polar surface area (TPSA) is 53.1 Å². The van der Waals surface area contributed by atoms with Gasteiger partial charge in [0.05, 0.1) is 19.8 Å². The van der Waals surface area contributed by atoms with Gasteiger partial charge in [0, 0.05) is 45.7 Å². The highest BCUT2D eigenvalue weighted by molar-refractivity contribution is 5.79. The molecule has 0 aliphatic carbocycles. The van der Waals surface area contributed by atoms with Gasteiger partial charge in [-0.25, -0.2) is 0 Å². The summed E-state index contributed by atoms with van der Waals surface area (Å²) >= 11 is 0. The predicted molar refractivity (Wildman–Crippen MR) is 95.2 cm³/mol. The van der Waals surface area contributed by atoms with Crippen LogP contribution in [0.1, 0.15) is 12.0 Å². The van der Waals surface area contributed by atoms with Crippen LogP contribution in [0.4, 0.5) is 0 Å². The van der Waals surface area contributed by atoms with Crippen LogP contribution in [0.5, 0.6) is 0 Å². The van der Waals surface area contributed by atoms with E-state index in [9.17, 15) is 9.59 Å². The minimum absolute atomic E-state index is 0.165. The van der Waals surface area contributed by atoms with Gasteiger partial charge in [0.25, 0.3) is 0 Å². The summed E-state index contributed by atoms with van der Waals surface area (Å²) in [5.74, 6) is 0.349. The number of nitrogens with zero attached hydrogens (tertiary/aromatic N) is 3. The molecule has 136 valence electrons. The number of aryl methyl sites for hydroxylation is 1. The summed E-state index contributed by atoms with van der Waals surface area (Å²) in [5, 5.41) is 0. The summed E-state index contributed by atoms with van der Waals surface area (Å²) in [6, 6.07) is 10.1. The van der Waals surface area contributed by atoms with E-state index < -0.39 is 0 Å². The minimum atomic E-state index is 0.165. The first-order chi connectivity index (χ1) is 12.2. The second-order valence-electron chi connectivity index (χ2n) is 6.64. The lowest BCUT2D eigenvalue weighted by molar-refractivity contribution is -0.140. The number of morpholine rings is 1. The van der Waals surface area contributed by atoms with Gasteiger partial charge in [0.2, 0.25) is 11.8 Å². The molecule has 0 saturated carbocycles. The van der Waals surface area contributed by atoms with E-state index in [2.05, 4.69) is 17.0 Å². The van der Waals surface area contributed by atoms with E-state index in [0.29, 0.717) is 52.4 Å². The average molecular weight is 345 g/mol. The highest BCUT2D eigenvalue weighted by Gasteiger charge is 2.25. The number of amides is 2. The van der Waals surface area contributed by atoms with E-state index in [0.717, 1.165) is 19.5 Å². The third-order valence-electron chi connectivity index (χ3n) is 4.92. The van der Waals surface area contributed by atoms with Crippen molar-refractivity contribution in [3.05, 3.63) is 35.9 Å². The smallest absolute Gasteiger partial charge is 0.236 e. The van der Waals surface area contributed by atoms with Crippen LogP contribution in [0.2, 0.25) is 0 Å². The molecule has 6 nitrogen and oxygen atoms in total. The van der Waals surface area contributed by atoms with Crippen LogP contribution < -0.4 is 0 Å². The summed E-state index contributed by atoms with van der Waals surface area (Å²) in [6.07, 6.45) is 1.31. The molecule has 0 radical (unpaired) electrons. The SMILES string of the molecule is O=C(CCc1ccccc1)N1CCN(C(=O)CN2CCOCC2)CC1. The average Bonchev–Trinajstić information content (AvgIpc) is 2.68. The first kappa shape index (κ1) is 17.9. The fourth-order valence-electron chi connectivity index (χ4n) is 3.31. The number of carbonyl (C=O) groups excluding carboxylic acids is 2. The molecule has 0 atom stereocenters. The second kappa shape index (κ2) is 8.97. The maximum absolute atomic E-state index is 12.4. The van der Waals surface area contributed by atoms with Gasteiger partial charge in [0.15, 0.2) is 0 Å². The summed E-state index contributed by atoms with van der Waals surface area (Å²) in [5.41, 5.74) is 1.19. The fourth-order valence-corrected chi connectivity index (χ4v) is 3.31. The van der Waals surface area contributed by atoms with E-state index in [1.54, 1.807) is 0 Å². The van der Waals surface area contributed by atoms with E-state index in [1.165, 1.54) is 5.56 Å². The normalized spacial score (nSPS) is 19.0. The fraction of sp³-hybridized carbons (Fsp3) is 0.579. The molecule has 6 heteroatoms. The predicted octanol–water partition coefficient (Wildman–Crippen LogP) is 0.622. The highest BCUT2D eigenvalue weighted by Crippen LogP contribution is 2.09. The third-order valence-corrected chi connectivity index (χ3v) is 4.92. The van der Waals surface area contributed by atoms with Crippen LogP contribution in [0, 0.1) is 0 Å². The van der Waals surface area contributed by atoms with Gasteiger partial charge in [-0.05, 0) is 12.0 Å². The lowest BCUT2D eigenvalue weighted by atomic mass is 10.1. The van der Waals surface area contributed by atoms with Crippen LogP contribution in [0.25, 0.3) is 0 Å². The summed E-state index contributed by atoms with van der Waals surface area (Å²) in [6.45, 7) is 6.08. The maximum atomic E-state index is 12.4. The summed E-state index contributed by atoms with van der Waals surface area (Å²) in [4.78, 5) is 30.7. The molecule has 1 aromatic rings. The van der Waals surface area contributed by atoms with Gasteiger partial charge in [-0.2, -0.15) is 0 Å². The second-order valence-corrected chi connectivity index (χ2v) is 6.64. The van der Waals surface area contributed by atoms with Crippen molar-refractivity contribution in [1.82, 2.24) is 14.7 Å². The quantitative estimate of drug-likeness (QED) is 0.785. The molecule has 0 bridgehead atoms. The van der Waals surface area contributed by atoms with Gasteiger partial charge < -0.3 is 14.5 Å². The van der Waals surface area contributed by atoms with Gasteiger partial charge >= 0.3 is 0 Å². The van der Waals surface area contributed by atoms with Gasteiger partial charge in [-0.15, -0.1) is 0 Å². The van der Waals surface area contributed by atoms with Crippen molar-refractivity contribution in [2.24, 2.45) is 0 Å². The molecule has 2 fully saturated rings. The number of hydrogen-bond acceptors (Lipinski definition) is 4. The minimum Gasteiger partial charge on any atom is -0.379 e. The highest BCUT2D eigenvalue weighted by atomic mass is 16.5. The molecule has 25 heavy (non-hydrogen) atoms. The first-order valence-electron chi connectivity index (χ1n) is 9.12. The Bertz CT molecular complexity index is 565. The van der Waals surface area contributed by atoms with Crippen LogP contribution >= 0.6 is 0 Å². The maximum Gasteiger partial charge on any atom is 0.236 e. The lowest BCUT2D eigenvalue weighted by Crippen LogP contribution is -2.53. The molecular formula is C19H27N3O3. The van der Waals surface area contributed by atoms with E-state index in [-0.39, 0.29) is 11.8 Å². The first-order valence-corrected chi connectivity index (χ1v) is 9.12. The Morgan fingerprint density at radius 2 is 1.44 bits per heavy atom. The standard InChI is InChI=1S/C19H27N3O3/c23-18(7-6-17-4-2-1-3-5-17)21-8-10-22(11-9-21)19(24)16-20-12-14-25-15-13-20/h1-5H,6-16H2. The molecule has 2 amide bonds. The zero-order valence-electron chi connectivity index (χ0n) is 14.7. The molecule has 0 spiro atoms. The van der Waals surface area contributed by atoms with Crippen molar-refractivity contribution in [3.8, 4) is 0 Å². The van der Waals surface area contributed by atoms with E-state index >= 15 is 0 Å². The largest absolute Gasteiger partial charge is 0.379 e. The Morgan fingerprint density at radius 1 is 0.840 bits per heavy atom. The number of carbonyl (C=O) groups is 2. The number of piperazine rings is 1.